The average molecular weight is 499 g/mol. The number of pyridine rings is 1. The van der Waals surface area contributed by atoms with Crippen LogP contribution in [-0.4, -0.2) is 54.9 Å². The summed E-state index contributed by atoms with van der Waals surface area (Å²) in [5, 5.41) is 10.6. The number of para-hydroxylation sites is 1. The lowest BCUT2D eigenvalue weighted by Crippen LogP contribution is -2.48. The van der Waals surface area contributed by atoms with Crippen molar-refractivity contribution >= 4 is 40.3 Å². The van der Waals surface area contributed by atoms with Crippen LogP contribution in [0.1, 0.15) is 11.1 Å². The van der Waals surface area contributed by atoms with Gasteiger partial charge in [-0.2, -0.15) is 5.26 Å². The predicted molar refractivity (Wildman–Crippen MR) is 143 cm³/mol. The van der Waals surface area contributed by atoms with Gasteiger partial charge < -0.3 is 9.55 Å². The second-order valence-corrected chi connectivity index (χ2v) is 9.52. The van der Waals surface area contributed by atoms with Gasteiger partial charge in [-0.3, -0.25) is 9.88 Å². The van der Waals surface area contributed by atoms with Crippen LogP contribution in [0, 0.1) is 17.1 Å². The first-order valence-corrected chi connectivity index (χ1v) is 12.3. The number of nitriles is 1. The zero-order chi connectivity index (χ0) is 25.1. The van der Waals surface area contributed by atoms with E-state index in [1.165, 1.54) is 0 Å². The average Bonchev–Trinajstić information content (AvgIpc) is 2.90. The second kappa shape index (κ2) is 10.7. The SMILES string of the molecule is CN1CCN(Cc2ccc(B(Oc3cccc4cccnc34)c3ccc(C#N)c(Cl)c3)cc2F)CC1. The zero-order valence-electron chi connectivity index (χ0n) is 20.0. The van der Waals surface area contributed by atoms with E-state index in [9.17, 15) is 5.26 Å². The largest absolute Gasteiger partial charge is 0.550 e. The Balaban J connectivity index is 1.50. The third-order valence-corrected chi connectivity index (χ3v) is 6.94. The number of piperazine rings is 1. The van der Waals surface area contributed by atoms with Gasteiger partial charge in [0.05, 0.1) is 10.6 Å². The van der Waals surface area contributed by atoms with Gasteiger partial charge in [0.25, 0.3) is 0 Å². The Labute approximate surface area is 215 Å². The van der Waals surface area contributed by atoms with Crippen molar-refractivity contribution in [2.24, 2.45) is 0 Å². The molecule has 0 spiro atoms. The molecule has 4 aromatic rings. The molecule has 1 aliphatic heterocycles. The van der Waals surface area contributed by atoms with Crippen molar-refractivity contribution in [3.8, 4) is 11.8 Å². The van der Waals surface area contributed by atoms with Gasteiger partial charge in [0.1, 0.15) is 23.2 Å². The van der Waals surface area contributed by atoms with Crippen molar-refractivity contribution in [3.05, 3.63) is 94.9 Å². The number of benzene rings is 3. The van der Waals surface area contributed by atoms with Crippen molar-refractivity contribution in [2.75, 3.05) is 33.2 Å². The number of hydrogen-bond acceptors (Lipinski definition) is 5. The van der Waals surface area contributed by atoms with Gasteiger partial charge in [0.15, 0.2) is 0 Å². The number of halogens is 2. The lowest BCUT2D eigenvalue weighted by atomic mass is 9.55. The van der Waals surface area contributed by atoms with E-state index in [-0.39, 0.29) is 5.82 Å². The van der Waals surface area contributed by atoms with E-state index in [1.807, 2.05) is 42.5 Å². The summed E-state index contributed by atoms with van der Waals surface area (Å²) in [6.45, 7) is 3.72. The first-order chi connectivity index (χ1) is 17.5. The van der Waals surface area contributed by atoms with Crippen LogP contribution in [0.2, 0.25) is 5.02 Å². The summed E-state index contributed by atoms with van der Waals surface area (Å²) in [7, 11) is 2.10. The molecule has 0 aliphatic carbocycles. The van der Waals surface area contributed by atoms with Crippen LogP contribution in [0.15, 0.2) is 72.9 Å². The summed E-state index contributed by atoms with van der Waals surface area (Å²) in [5.41, 5.74) is 3.13. The molecule has 0 unspecified atom stereocenters. The van der Waals surface area contributed by atoms with E-state index >= 15 is 4.39 Å². The molecule has 2 heterocycles. The molecule has 5 rings (SSSR count). The summed E-state index contributed by atoms with van der Waals surface area (Å²) >= 11 is 6.36. The minimum absolute atomic E-state index is 0.268. The van der Waals surface area contributed by atoms with Crippen LogP contribution in [0.25, 0.3) is 10.9 Å². The van der Waals surface area contributed by atoms with Gasteiger partial charge >= 0.3 is 6.92 Å². The molecule has 0 N–H and O–H groups in total. The highest BCUT2D eigenvalue weighted by atomic mass is 35.5. The highest BCUT2D eigenvalue weighted by Crippen LogP contribution is 2.24. The lowest BCUT2D eigenvalue weighted by Gasteiger charge is -2.32. The maximum Gasteiger partial charge on any atom is 0.426 e. The summed E-state index contributed by atoms with van der Waals surface area (Å²) < 4.78 is 21.9. The molecule has 180 valence electrons. The van der Waals surface area contributed by atoms with Crippen LogP contribution in [0.5, 0.6) is 5.75 Å². The molecule has 0 radical (unpaired) electrons. The Morgan fingerprint density at radius 1 is 1.03 bits per heavy atom. The van der Waals surface area contributed by atoms with Gasteiger partial charge in [-0.1, -0.05) is 48.0 Å². The quantitative estimate of drug-likeness (QED) is 0.378. The second-order valence-electron chi connectivity index (χ2n) is 9.11. The monoisotopic (exact) mass is 498 g/mol. The molecule has 0 amide bonds. The number of fused-ring (bicyclic) bond motifs is 1. The van der Waals surface area contributed by atoms with E-state index < -0.39 is 6.92 Å². The summed E-state index contributed by atoms with van der Waals surface area (Å²) in [5.74, 6) is 0.316. The van der Waals surface area contributed by atoms with E-state index in [0.29, 0.717) is 33.9 Å². The Morgan fingerprint density at radius 2 is 1.78 bits per heavy atom. The normalized spacial score (nSPS) is 14.5. The maximum atomic E-state index is 15.4. The highest BCUT2D eigenvalue weighted by molar-refractivity contribution is 6.80. The van der Waals surface area contributed by atoms with Gasteiger partial charge in [-0.15, -0.1) is 0 Å². The molecule has 3 aromatic carbocycles. The fraction of sp³-hybridized carbons (Fsp3) is 0.214. The molecular weight excluding hydrogens is 474 g/mol. The molecule has 8 heteroatoms. The van der Waals surface area contributed by atoms with E-state index in [2.05, 4.69) is 27.9 Å². The molecule has 36 heavy (non-hydrogen) atoms. The molecule has 0 bridgehead atoms. The number of nitrogens with zero attached hydrogens (tertiary/aromatic N) is 4. The first kappa shape index (κ1) is 24.3. The summed E-state index contributed by atoms with van der Waals surface area (Å²) in [4.78, 5) is 9.04. The maximum absolute atomic E-state index is 15.4. The number of aromatic nitrogens is 1. The Kier molecular flexibility index (Phi) is 7.19. The molecule has 0 atom stereocenters. The Bertz CT molecular complexity index is 1430. The molecule has 1 saturated heterocycles. The topological polar surface area (TPSA) is 52.4 Å². The standard InChI is InChI=1S/C28H25BClFN4O/c1-34-12-14-35(15-13-34)19-22-8-10-24(17-26(22)31)29(23-9-7-21(18-32)25(30)16-23)36-27-6-2-4-20-5-3-11-33-28(20)27/h2-11,16-17H,12-15,19H2,1H3. The molecule has 1 aromatic heterocycles. The Morgan fingerprint density at radius 3 is 2.53 bits per heavy atom. The van der Waals surface area contributed by atoms with Crippen molar-refractivity contribution < 1.29 is 9.04 Å². The van der Waals surface area contributed by atoms with E-state index in [0.717, 1.165) is 42.5 Å². The first-order valence-electron chi connectivity index (χ1n) is 11.9. The summed E-state index contributed by atoms with van der Waals surface area (Å²) in [6, 6.07) is 22.1. The smallest absolute Gasteiger partial charge is 0.426 e. The molecule has 1 aliphatic rings. The molecular formula is C28H25BClFN4O. The van der Waals surface area contributed by atoms with Gasteiger partial charge in [-0.25, -0.2) is 4.39 Å². The fourth-order valence-corrected chi connectivity index (χ4v) is 4.74. The highest BCUT2D eigenvalue weighted by Gasteiger charge is 2.27. The van der Waals surface area contributed by atoms with E-state index in [1.54, 1.807) is 30.5 Å². The van der Waals surface area contributed by atoms with Crippen LogP contribution in [0.3, 0.4) is 0 Å². The fourth-order valence-electron chi connectivity index (χ4n) is 4.51. The van der Waals surface area contributed by atoms with E-state index in [4.69, 9.17) is 16.3 Å². The van der Waals surface area contributed by atoms with Crippen LogP contribution in [-0.2, 0) is 6.54 Å². The number of likely N-dealkylation sites (N-methyl/N-ethyl adjacent to an activating group) is 1. The van der Waals surface area contributed by atoms with Crippen molar-refractivity contribution in [1.82, 2.24) is 14.8 Å². The van der Waals surface area contributed by atoms with Crippen molar-refractivity contribution in [2.45, 2.75) is 6.54 Å². The molecule has 5 nitrogen and oxygen atoms in total. The summed E-state index contributed by atoms with van der Waals surface area (Å²) in [6.07, 6.45) is 1.72. The lowest BCUT2D eigenvalue weighted by molar-refractivity contribution is 0.147. The predicted octanol–water partition coefficient (Wildman–Crippen LogP) is 3.83. The van der Waals surface area contributed by atoms with Crippen LogP contribution < -0.4 is 15.6 Å². The number of hydrogen-bond donors (Lipinski definition) is 0. The minimum atomic E-state index is -0.643. The van der Waals surface area contributed by atoms with Gasteiger partial charge in [0.2, 0.25) is 0 Å². The zero-order valence-corrected chi connectivity index (χ0v) is 20.8. The van der Waals surface area contributed by atoms with Crippen molar-refractivity contribution in [3.63, 3.8) is 0 Å². The third kappa shape index (κ3) is 5.22. The van der Waals surface area contributed by atoms with Gasteiger partial charge in [0, 0.05) is 49.9 Å². The Hall–Kier alpha value is -3.44. The minimum Gasteiger partial charge on any atom is -0.550 e. The van der Waals surface area contributed by atoms with Crippen LogP contribution in [0.4, 0.5) is 4.39 Å². The molecule has 1 fully saturated rings. The molecule has 0 saturated carbocycles. The number of rotatable bonds is 6. The van der Waals surface area contributed by atoms with Crippen molar-refractivity contribution in [1.29, 1.82) is 5.26 Å². The van der Waals surface area contributed by atoms with Gasteiger partial charge in [-0.05, 0) is 48.3 Å². The van der Waals surface area contributed by atoms with Crippen LogP contribution >= 0.6 is 11.6 Å². The third-order valence-electron chi connectivity index (χ3n) is 6.63.